The quantitative estimate of drug-likeness (QED) is 0.447. The second-order valence-corrected chi connectivity index (χ2v) is 8.11. The summed E-state index contributed by atoms with van der Waals surface area (Å²) in [6, 6.07) is 11.4. The number of phenols is 1. The van der Waals surface area contributed by atoms with Crippen molar-refractivity contribution in [1.29, 1.82) is 0 Å². The molecule has 9 heteroatoms. The van der Waals surface area contributed by atoms with Crippen LogP contribution in [-0.4, -0.2) is 48.2 Å². The summed E-state index contributed by atoms with van der Waals surface area (Å²) in [5.41, 5.74) is 4.12. The van der Waals surface area contributed by atoms with Crippen molar-refractivity contribution >= 4 is 49.9 Å². The van der Waals surface area contributed by atoms with Crippen molar-refractivity contribution in [3.63, 3.8) is 0 Å². The minimum absolute atomic E-state index is 0.0407. The number of rotatable bonds is 6. The van der Waals surface area contributed by atoms with Gasteiger partial charge < -0.3 is 14.7 Å². The van der Waals surface area contributed by atoms with Gasteiger partial charge in [0.2, 0.25) is 5.91 Å². The minimum Gasteiger partial charge on any atom is -0.503 e. The highest BCUT2D eigenvalue weighted by Gasteiger charge is 2.31. The lowest BCUT2D eigenvalue weighted by atomic mass is 9.99. The summed E-state index contributed by atoms with van der Waals surface area (Å²) in [6.45, 7) is 0.455. The number of nitrogens with one attached hydrogen (secondary N) is 1. The van der Waals surface area contributed by atoms with Crippen molar-refractivity contribution in [2.24, 2.45) is 5.10 Å². The average molecular weight is 525 g/mol. The average Bonchev–Trinajstić information content (AvgIpc) is 3.09. The molecule has 7 nitrogen and oxygen atoms in total. The number of halogens is 2. The van der Waals surface area contributed by atoms with E-state index >= 15 is 0 Å². The van der Waals surface area contributed by atoms with E-state index in [2.05, 4.69) is 42.4 Å². The molecule has 0 aromatic heterocycles. The summed E-state index contributed by atoms with van der Waals surface area (Å²) in [4.78, 5) is 26.0. The molecule has 0 radical (unpaired) electrons. The van der Waals surface area contributed by atoms with Crippen LogP contribution in [0.25, 0.3) is 0 Å². The van der Waals surface area contributed by atoms with E-state index in [1.165, 1.54) is 13.3 Å². The first-order valence-corrected chi connectivity index (χ1v) is 10.4. The molecule has 0 spiro atoms. The van der Waals surface area contributed by atoms with Gasteiger partial charge in [-0.05, 0) is 43.5 Å². The summed E-state index contributed by atoms with van der Waals surface area (Å²) in [5.74, 6) is -0.113. The van der Waals surface area contributed by atoms with E-state index in [0.717, 1.165) is 5.56 Å². The topological polar surface area (TPSA) is 91.2 Å². The molecular weight excluding hydrogens is 506 g/mol. The van der Waals surface area contributed by atoms with E-state index in [4.69, 9.17) is 4.74 Å². The van der Waals surface area contributed by atoms with Crippen molar-refractivity contribution in [1.82, 2.24) is 10.3 Å². The number of methoxy groups -OCH3 is 1. The number of amides is 2. The highest BCUT2D eigenvalue weighted by molar-refractivity contribution is 9.13. The standard InChI is InChI=1S/C20H19Br2N3O4/c1-29-15-7-13(18(21)19(22)20(15)28)9-23-24-16(26)11-25-10-14(8-17(25)27)12-5-3-2-4-6-12/h2-7,9,14,28H,8,10-11H2,1H3,(H,24,26)/b23-9-/t14-/m1/s1. The molecule has 1 heterocycles. The van der Waals surface area contributed by atoms with Crippen LogP contribution < -0.4 is 10.2 Å². The van der Waals surface area contributed by atoms with Gasteiger partial charge in [-0.25, -0.2) is 5.43 Å². The second kappa shape index (κ2) is 9.41. The van der Waals surface area contributed by atoms with Crippen LogP contribution in [0.2, 0.25) is 0 Å². The van der Waals surface area contributed by atoms with Gasteiger partial charge in [0.05, 0.1) is 17.8 Å². The van der Waals surface area contributed by atoms with Crippen LogP contribution >= 0.6 is 31.9 Å². The van der Waals surface area contributed by atoms with E-state index in [-0.39, 0.29) is 35.8 Å². The number of carbonyl (C=O) groups is 2. The number of nitrogens with zero attached hydrogens (tertiary/aromatic N) is 2. The number of hydrazone groups is 1. The molecule has 152 valence electrons. The highest BCUT2D eigenvalue weighted by atomic mass is 79.9. The van der Waals surface area contributed by atoms with Crippen molar-refractivity contribution in [3.05, 3.63) is 56.5 Å². The summed E-state index contributed by atoms with van der Waals surface area (Å²) in [7, 11) is 1.44. The molecule has 29 heavy (non-hydrogen) atoms. The molecule has 2 aromatic carbocycles. The fraction of sp³-hybridized carbons (Fsp3) is 0.250. The molecule has 1 atom stereocenters. The molecule has 0 bridgehead atoms. The number of aromatic hydroxyl groups is 1. The van der Waals surface area contributed by atoms with Gasteiger partial charge in [-0.15, -0.1) is 0 Å². The van der Waals surface area contributed by atoms with E-state index in [1.54, 1.807) is 11.0 Å². The second-order valence-electron chi connectivity index (χ2n) is 6.52. The third-order valence-electron chi connectivity index (χ3n) is 4.61. The van der Waals surface area contributed by atoms with Crippen LogP contribution in [-0.2, 0) is 9.59 Å². The first-order chi connectivity index (χ1) is 13.9. The number of carbonyl (C=O) groups excluding carboxylic acids is 2. The third kappa shape index (κ3) is 4.97. The van der Waals surface area contributed by atoms with Crippen LogP contribution in [0.3, 0.4) is 0 Å². The van der Waals surface area contributed by atoms with Gasteiger partial charge in [-0.1, -0.05) is 30.3 Å². The van der Waals surface area contributed by atoms with Crippen molar-refractivity contribution in [3.8, 4) is 11.5 Å². The number of ether oxygens (including phenoxy) is 1. The molecule has 0 saturated carbocycles. The molecular formula is C20H19Br2N3O4. The van der Waals surface area contributed by atoms with Gasteiger partial charge >= 0.3 is 0 Å². The fourth-order valence-electron chi connectivity index (χ4n) is 3.12. The van der Waals surface area contributed by atoms with Crippen LogP contribution in [0.4, 0.5) is 0 Å². The molecule has 1 fully saturated rings. The van der Waals surface area contributed by atoms with Gasteiger partial charge in [0.15, 0.2) is 11.5 Å². The minimum atomic E-state index is -0.385. The molecule has 0 unspecified atom stereocenters. The zero-order valence-electron chi connectivity index (χ0n) is 15.6. The number of hydrogen-bond acceptors (Lipinski definition) is 5. The first kappa shape index (κ1) is 21.3. The lowest BCUT2D eigenvalue weighted by Gasteiger charge is -2.15. The maximum absolute atomic E-state index is 12.2. The largest absolute Gasteiger partial charge is 0.503 e. The zero-order chi connectivity index (χ0) is 21.0. The van der Waals surface area contributed by atoms with E-state index in [9.17, 15) is 14.7 Å². The molecule has 2 amide bonds. The van der Waals surface area contributed by atoms with Gasteiger partial charge in [0.1, 0.15) is 6.54 Å². The smallest absolute Gasteiger partial charge is 0.259 e. The Labute approximate surface area is 185 Å². The summed E-state index contributed by atoms with van der Waals surface area (Å²) >= 11 is 6.61. The Morgan fingerprint density at radius 3 is 2.76 bits per heavy atom. The molecule has 1 aliphatic heterocycles. The van der Waals surface area contributed by atoms with Crippen molar-refractivity contribution < 1.29 is 19.4 Å². The van der Waals surface area contributed by atoms with Crippen LogP contribution in [0.5, 0.6) is 11.5 Å². The molecule has 2 N–H and O–H groups in total. The number of benzene rings is 2. The monoisotopic (exact) mass is 523 g/mol. The SMILES string of the molecule is COc1cc(/C=N\NC(=O)CN2C[C@H](c3ccccc3)CC2=O)c(Br)c(Br)c1O. The molecule has 0 aliphatic carbocycles. The molecule has 1 saturated heterocycles. The predicted molar refractivity (Wildman–Crippen MR) is 116 cm³/mol. The van der Waals surface area contributed by atoms with Crippen molar-refractivity contribution in [2.45, 2.75) is 12.3 Å². The Balaban J connectivity index is 1.59. The van der Waals surface area contributed by atoms with E-state index < -0.39 is 0 Å². The summed E-state index contributed by atoms with van der Waals surface area (Å²) in [5, 5.41) is 13.9. The van der Waals surface area contributed by atoms with Gasteiger partial charge in [-0.2, -0.15) is 5.10 Å². The number of phenolic OH excluding ortho intramolecular Hbond substituents is 1. The number of likely N-dealkylation sites (tertiary alicyclic amines) is 1. The van der Waals surface area contributed by atoms with Gasteiger partial charge in [-0.3, -0.25) is 9.59 Å². The first-order valence-electron chi connectivity index (χ1n) is 8.80. The summed E-state index contributed by atoms with van der Waals surface area (Å²) in [6.07, 6.45) is 1.82. The maximum atomic E-state index is 12.2. The maximum Gasteiger partial charge on any atom is 0.259 e. The van der Waals surface area contributed by atoms with Crippen LogP contribution in [0.1, 0.15) is 23.5 Å². The Hall–Kier alpha value is -2.39. The fourth-order valence-corrected chi connectivity index (χ4v) is 3.95. The molecule has 3 rings (SSSR count). The van der Waals surface area contributed by atoms with E-state index in [1.807, 2.05) is 30.3 Å². The van der Waals surface area contributed by atoms with Crippen LogP contribution in [0, 0.1) is 0 Å². The van der Waals surface area contributed by atoms with Crippen molar-refractivity contribution in [2.75, 3.05) is 20.2 Å². The number of hydrogen-bond donors (Lipinski definition) is 2. The van der Waals surface area contributed by atoms with E-state index in [0.29, 0.717) is 27.5 Å². The Morgan fingerprint density at radius 1 is 1.34 bits per heavy atom. The normalized spacial score (nSPS) is 16.4. The molecule has 1 aliphatic rings. The Bertz CT molecular complexity index is 950. The Kier molecular flexibility index (Phi) is 6.92. The molecule has 2 aromatic rings. The lowest BCUT2D eigenvalue weighted by molar-refractivity contribution is -0.133. The highest BCUT2D eigenvalue weighted by Crippen LogP contribution is 2.41. The predicted octanol–water partition coefficient (Wildman–Crippen LogP) is 3.39. The zero-order valence-corrected chi connectivity index (χ0v) is 18.7. The summed E-state index contributed by atoms with van der Waals surface area (Å²) < 4.78 is 6.08. The third-order valence-corrected chi connectivity index (χ3v) is 6.77. The van der Waals surface area contributed by atoms with Gasteiger partial charge in [0.25, 0.3) is 5.91 Å². The van der Waals surface area contributed by atoms with Gasteiger partial charge in [0, 0.05) is 28.9 Å². The van der Waals surface area contributed by atoms with Crippen LogP contribution in [0.15, 0.2) is 50.4 Å². The lowest BCUT2D eigenvalue weighted by Crippen LogP contribution is -2.36. The Morgan fingerprint density at radius 2 is 2.07 bits per heavy atom.